The lowest BCUT2D eigenvalue weighted by Crippen LogP contribution is -2.40. The molecule has 0 saturated heterocycles. The van der Waals surface area contributed by atoms with Crippen LogP contribution in [0.2, 0.25) is 0 Å². The lowest BCUT2D eigenvalue weighted by molar-refractivity contribution is -0.169. The number of unbranched alkanes of at least 4 members (excludes halogenated alkanes) is 1. The molecule has 0 aromatic heterocycles. The minimum Gasteiger partial charge on any atom is -0.479 e. The molecule has 0 heterocycles. The van der Waals surface area contributed by atoms with Gasteiger partial charge in [-0.15, -0.1) is 0 Å². The van der Waals surface area contributed by atoms with Gasteiger partial charge < -0.3 is 25.2 Å². The van der Waals surface area contributed by atoms with Crippen molar-refractivity contribution in [1.29, 1.82) is 0 Å². The van der Waals surface area contributed by atoms with Crippen LogP contribution >= 0.6 is 0 Å². The van der Waals surface area contributed by atoms with Crippen molar-refractivity contribution < 1.29 is 34.8 Å². The monoisotopic (exact) mass is 278 g/mol. The number of carboxylic acids is 1. The molecule has 0 saturated carbocycles. The van der Waals surface area contributed by atoms with Gasteiger partial charge in [0.2, 0.25) is 0 Å². The van der Waals surface area contributed by atoms with E-state index in [0.717, 1.165) is 12.8 Å². The molecule has 0 rings (SSSR count). The number of rotatable bonds is 10. The molecule has 112 valence electrons. The topological polar surface area (TPSA) is 124 Å². The van der Waals surface area contributed by atoms with Crippen molar-refractivity contribution in [2.24, 2.45) is 0 Å². The average molecular weight is 278 g/mol. The second-order valence-corrected chi connectivity index (χ2v) is 4.33. The SMILES string of the molecule is CCCC(O)CCCCOC(=O)C(O)C(O)C(=O)O. The van der Waals surface area contributed by atoms with E-state index in [1.54, 1.807) is 0 Å². The first-order valence-electron chi connectivity index (χ1n) is 6.33. The fourth-order valence-corrected chi connectivity index (χ4v) is 1.48. The van der Waals surface area contributed by atoms with Gasteiger partial charge in [0.15, 0.2) is 12.2 Å². The molecule has 3 unspecified atom stereocenters. The summed E-state index contributed by atoms with van der Waals surface area (Å²) >= 11 is 0. The number of aliphatic hydroxyl groups is 3. The number of aliphatic hydroxyl groups excluding tert-OH is 3. The minimum absolute atomic E-state index is 0.0150. The van der Waals surface area contributed by atoms with E-state index in [1.807, 2.05) is 6.92 Å². The minimum atomic E-state index is -2.18. The van der Waals surface area contributed by atoms with Gasteiger partial charge in [-0.1, -0.05) is 13.3 Å². The number of hydrogen-bond acceptors (Lipinski definition) is 6. The Hall–Kier alpha value is -1.18. The van der Waals surface area contributed by atoms with Crippen LogP contribution in [0.15, 0.2) is 0 Å². The van der Waals surface area contributed by atoms with Crippen molar-refractivity contribution in [3.05, 3.63) is 0 Å². The summed E-state index contributed by atoms with van der Waals surface area (Å²) in [6, 6.07) is 0. The van der Waals surface area contributed by atoms with Gasteiger partial charge in [0, 0.05) is 0 Å². The highest BCUT2D eigenvalue weighted by Crippen LogP contribution is 2.07. The highest BCUT2D eigenvalue weighted by Gasteiger charge is 2.31. The highest BCUT2D eigenvalue weighted by molar-refractivity contribution is 5.84. The molecule has 0 aliphatic heterocycles. The lowest BCUT2D eigenvalue weighted by atomic mass is 10.1. The third-order valence-corrected chi connectivity index (χ3v) is 2.59. The van der Waals surface area contributed by atoms with Crippen molar-refractivity contribution in [3.63, 3.8) is 0 Å². The van der Waals surface area contributed by atoms with E-state index in [-0.39, 0.29) is 12.7 Å². The smallest absolute Gasteiger partial charge is 0.338 e. The van der Waals surface area contributed by atoms with Crippen LogP contribution < -0.4 is 0 Å². The van der Waals surface area contributed by atoms with Crippen LogP contribution in [0.5, 0.6) is 0 Å². The number of ether oxygens (including phenoxy) is 1. The van der Waals surface area contributed by atoms with E-state index in [9.17, 15) is 14.7 Å². The van der Waals surface area contributed by atoms with E-state index in [0.29, 0.717) is 19.3 Å². The van der Waals surface area contributed by atoms with E-state index in [1.165, 1.54) is 0 Å². The summed E-state index contributed by atoms with van der Waals surface area (Å²) < 4.78 is 4.62. The average Bonchev–Trinajstić information content (AvgIpc) is 2.36. The fraction of sp³-hybridized carbons (Fsp3) is 0.833. The van der Waals surface area contributed by atoms with Crippen LogP contribution in [0, 0.1) is 0 Å². The van der Waals surface area contributed by atoms with E-state index in [4.69, 9.17) is 15.3 Å². The largest absolute Gasteiger partial charge is 0.479 e. The molecular formula is C12H22O7. The molecule has 0 fully saturated rings. The molecular weight excluding hydrogens is 256 g/mol. The van der Waals surface area contributed by atoms with Crippen LogP contribution in [0.4, 0.5) is 0 Å². The first kappa shape index (κ1) is 17.8. The predicted octanol–water partition coefficient (Wildman–Crippen LogP) is -0.333. The van der Waals surface area contributed by atoms with E-state index in [2.05, 4.69) is 4.74 Å². The van der Waals surface area contributed by atoms with Gasteiger partial charge >= 0.3 is 11.9 Å². The molecule has 0 aliphatic carbocycles. The Labute approximate surface area is 111 Å². The van der Waals surface area contributed by atoms with Crippen molar-refractivity contribution in [2.45, 2.75) is 57.3 Å². The van der Waals surface area contributed by atoms with Crippen LogP contribution in [0.25, 0.3) is 0 Å². The molecule has 0 spiro atoms. The zero-order chi connectivity index (χ0) is 14.8. The number of carbonyl (C=O) groups excluding carboxylic acids is 1. The predicted molar refractivity (Wildman–Crippen MR) is 65.4 cm³/mol. The molecule has 0 amide bonds. The van der Waals surface area contributed by atoms with Crippen molar-refractivity contribution >= 4 is 11.9 Å². The number of carbonyl (C=O) groups is 2. The summed E-state index contributed by atoms with van der Waals surface area (Å²) in [5.74, 6) is -2.85. The lowest BCUT2D eigenvalue weighted by Gasteiger charge is -2.13. The van der Waals surface area contributed by atoms with Crippen molar-refractivity contribution in [3.8, 4) is 0 Å². The molecule has 7 heteroatoms. The number of aliphatic carboxylic acids is 1. The van der Waals surface area contributed by atoms with Crippen LogP contribution in [0.3, 0.4) is 0 Å². The molecule has 0 aromatic rings. The number of esters is 1. The van der Waals surface area contributed by atoms with Crippen LogP contribution in [-0.2, 0) is 14.3 Å². The normalized spacial score (nSPS) is 15.6. The maximum atomic E-state index is 11.1. The molecule has 7 nitrogen and oxygen atoms in total. The first-order chi connectivity index (χ1) is 8.90. The molecule has 4 N–H and O–H groups in total. The highest BCUT2D eigenvalue weighted by atomic mass is 16.5. The van der Waals surface area contributed by atoms with E-state index < -0.39 is 24.1 Å². The summed E-state index contributed by atoms with van der Waals surface area (Å²) in [4.78, 5) is 21.5. The zero-order valence-electron chi connectivity index (χ0n) is 11.0. The quantitative estimate of drug-likeness (QED) is 0.318. The Morgan fingerprint density at radius 2 is 1.68 bits per heavy atom. The summed E-state index contributed by atoms with van der Waals surface area (Å²) in [7, 11) is 0. The Morgan fingerprint density at radius 3 is 2.21 bits per heavy atom. The Kier molecular flexibility index (Phi) is 9.11. The maximum Gasteiger partial charge on any atom is 0.338 e. The second-order valence-electron chi connectivity index (χ2n) is 4.33. The van der Waals surface area contributed by atoms with Gasteiger partial charge in [0.05, 0.1) is 12.7 Å². The Balaban J connectivity index is 3.72. The van der Waals surface area contributed by atoms with Crippen molar-refractivity contribution in [1.82, 2.24) is 0 Å². The molecule has 0 aromatic carbocycles. The van der Waals surface area contributed by atoms with Gasteiger partial charge in [0.1, 0.15) is 0 Å². The summed E-state index contributed by atoms with van der Waals surface area (Å²) in [5.41, 5.74) is 0. The first-order valence-corrected chi connectivity index (χ1v) is 6.33. The molecule has 3 atom stereocenters. The van der Waals surface area contributed by atoms with Gasteiger partial charge in [-0.2, -0.15) is 0 Å². The summed E-state index contributed by atoms with van der Waals surface area (Å²) in [6.07, 6.45) is -1.24. The fourth-order valence-electron chi connectivity index (χ4n) is 1.48. The molecule has 19 heavy (non-hydrogen) atoms. The number of hydrogen-bond donors (Lipinski definition) is 4. The molecule has 0 bridgehead atoms. The Bertz CT molecular complexity index is 279. The van der Waals surface area contributed by atoms with Gasteiger partial charge in [0.25, 0.3) is 0 Å². The summed E-state index contributed by atoms with van der Waals surface area (Å²) in [6.45, 7) is 1.99. The second kappa shape index (κ2) is 9.71. The molecule has 0 aliphatic rings. The van der Waals surface area contributed by atoms with Gasteiger partial charge in [-0.05, 0) is 25.7 Å². The maximum absolute atomic E-state index is 11.1. The molecule has 0 radical (unpaired) electrons. The Morgan fingerprint density at radius 1 is 1.05 bits per heavy atom. The summed E-state index contributed by atoms with van der Waals surface area (Å²) in [5, 5.41) is 35.9. The van der Waals surface area contributed by atoms with Gasteiger partial charge in [-0.3, -0.25) is 0 Å². The number of carboxylic acid groups (broad SMARTS) is 1. The van der Waals surface area contributed by atoms with Gasteiger partial charge in [-0.25, -0.2) is 9.59 Å². The van der Waals surface area contributed by atoms with Crippen LogP contribution in [-0.4, -0.2) is 57.3 Å². The third-order valence-electron chi connectivity index (χ3n) is 2.59. The zero-order valence-corrected chi connectivity index (χ0v) is 11.0. The van der Waals surface area contributed by atoms with Crippen molar-refractivity contribution in [2.75, 3.05) is 6.61 Å². The van der Waals surface area contributed by atoms with E-state index >= 15 is 0 Å². The van der Waals surface area contributed by atoms with Crippen LogP contribution in [0.1, 0.15) is 39.0 Å². The third kappa shape index (κ3) is 7.76. The standard InChI is InChI=1S/C12H22O7/c1-2-5-8(13)6-3-4-7-19-12(18)10(15)9(14)11(16)17/h8-10,13-15H,2-7H2,1H3,(H,16,17).